The molecule has 3 heterocycles. The van der Waals surface area contributed by atoms with Gasteiger partial charge < -0.3 is 10.1 Å². The van der Waals surface area contributed by atoms with Gasteiger partial charge in [0.2, 0.25) is 5.88 Å². The lowest BCUT2D eigenvalue weighted by atomic mass is 10.0. The van der Waals surface area contributed by atoms with Crippen LogP contribution in [0.5, 0.6) is 5.88 Å². The van der Waals surface area contributed by atoms with Crippen LogP contribution >= 0.6 is 0 Å². The molecule has 0 saturated carbocycles. The van der Waals surface area contributed by atoms with Crippen molar-refractivity contribution in [2.24, 2.45) is 0 Å². The van der Waals surface area contributed by atoms with Crippen LogP contribution in [0.2, 0.25) is 0 Å². The molecule has 7 nitrogen and oxygen atoms in total. The molecule has 0 spiro atoms. The first-order chi connectivity index (χ1) is 14.8. The minimum absolute atomic E-state index is 0.0134. The number of anilines is 1. The Morgan fingerprint density at radius 1 is 1.10 bits per heavy atom. The summed E-state index contributed by atoms with van der Waals surface area (Å²) in [5.74, 6) is -0.291. The summed E-state index contributed by atoms with van der Waals surface area (Å²) in [6, 6.07) is 10.3. The average molecular weight is 419 g/mol. The maximum atomic E-state index is 13.4. The van der Waals surface area contributed by atoms with E-state index >= 15 is 0 Å². The third-order valence-electron chi connectivity index (χ3n) is 4.82. The van der Waals surface area contributed by atoms with E-state index in [2.05, 4.69) is 20.6 Å². The second-order valence-corrected chi connectivity index (χ2v) is 7.59. The van der Waals surface area contributed by atoms with E-state index in [1.165, 1.54) is 29.0 Å². The van der Waals surface area contributed by atoms with Crippen molar-refractivity contribution in [3.05, 3.63) is 71.3 Å². The number of carbonyl (C=O) groups excluding carboxylic acids is 1. The molecule has 0 atom stereocenters. The van der Waals surface area contributed by atoms with Crippen molar-refractivity contribution in [1.29, 1.82) is 0 Å². The summed E-state index contributed by atoms with van der Waals surface area (Å²) < 4.78 is 20.3. The van der Waals surface area contributed by atoms with E-state index in [1.54, 1.807) is 6.07 Å². The fraction of sp³-hybridized carbons (Fsp3) is 0.217. The number of ether oxygens (including phenoxy) is 1. The number of rotatable bonds is 5. The largest absolute Gasteiger partial charge is 0.474 e. The van der Waals surface area contributed by atoms with E-state index in [4.69, 9.17) is 4.74 Å². The molecule has 0 radical (unpaired) electrons. The molecule has 31 heavy (non-hydrogen) atoms. The Kier molecular flexibility index (Phi) is 5.37. The van der Waals surface area contributed by atoms with Crippen molar-refractivity contribution < 1.29 is 13.9 Å². The number of hydrogen-bond donors (Lipinski definition) is 1. The van der Waals surface area contributed by atoms with Crippen LogP contribution < -0.4 is 10.1 Å². The molecule has 0 aliphatic heterocycles. The molecule has 0 bridgehead atoms. The standard InChI is InChI=1S/C23H22FN5O2/c1-13(2)31-22-8-6-19(27-28-22)17-10-20(15(4)9-14(17)3)26-23(30)18-11-25-29-12-16(24)5-7-21(18)29/h5-13H,1-4H3,(H,26,30). The highest BCUT2D eigenvalue weighted by molar-refractivity contribution is 6.09. The first-order valence-electron chi connectivity index (χ1n) is 9.88. The van der Waals surface area contributed by atoms with Gasteiger partial charge in [0.15, 0.2) is 0 Å². The van der Waals surface area contributed by atoms with Gasteiger partial charge in [0.1, 0.15) is 5.82 Å². The summed E-state index contributed by atoms with van der Waals surface area (Å²) >= 11 is 0. The Balaban J connectivity index is 1.64. The number of benzene rings is 1. The van der Waals surface area contributed by atoms with Gasteiger partial charge in [-0.2, -0.15) is 5.10 Å². The normalized spacial score (nSPS) is 11.2. The topological polar surface area (TPSA) is 81.4 Å². The molecule has 0 aliphatic carbocycles. The highest BCUT2D eigenvalue weighted by Crippen LogP contribution is 2.29. The molecule has 8 heteroatoms. The predicted octanol–water partition coefficient (Wildman–Crippen LogP) is 4.59. The molecule has 1 amide bonds. The Hall–Kier alpha value is -3.81. The fourth-order valence-electron chi connectivity index (χ4n) is 3.35. The molecular weight excluding hydrogens is 397 g/mol. The third kappa shape index (κ3) is 4.23. The summed E-state index contributed by atoms with van der Waals surface area (Å²) in [5, 5.41) is 15.4. The first-order valence-corrected chi connectivity index (χ1v) is 9.88. The smallest absolute Gasteiger partial charge is 0.259 e. The van der Waals surface area contributed by atoms with Crippen LogP contribution in [0.25, 0.3) is 16.8 Å². The van der Waals surface area contributed by atoms with Gasteiger partial charge in [-0.25, -0.2) is 8.91 Å². The van der Waals surface area contributed by atoms with E-state index in [0.29, 0.717) is 28.3 Å². The second-order valence-electron chi connectivity index (χ2n) is 7.59. The lowest BCUT2D eigenvalue weighted by Gasteiger charge is -2.13. The van der Waals surface area contributed by atoms with Gasteiger partial charge in [0, 0.05) is 17.3 Å². The Bertz CT molecular complexity index is 1270. The average Bonchev–Trinajstić information content (AvgIpc) is 3.13. The zero-order valence-corrected chi connectivity index (χ0v) is 17.7. The predicted molar refractivity (Wildman–Crippen MR) is 116 cm³/mol. The zero-order valence-electron chi connectivity index (χ0n) is 17.7. The first kappa shape index (κ1) is 20.5. The molecule has 0 fully saturated rings. The Morgan fingerprint density at radius 2 is 1.90 bits per heavy atom. The van der Waals surface area contributed by atoms with Gasteiger partial charge in [0.25, 0.3) is 5.91 Å². The number of amides is 1. The quantitative estimate of drug-likeness (QED) is 0.512. The Morgan fingerprint density at radius 3 is 2.61 bits per heavy atom. The van der Waals surface area contributed by atoms with Crippen molar-refractivity contribution in [2.45, 2.75) is 33.8 Å². The molecule has 3 aromatic heterocycles. The zero-order chi connectivity index (χ0) is 22.1. The second kappa shape index (κ2) is 8.14. The SMILES string of the molecule is Cc1cc(C)c(-c2ccc(OC(C)C)nn2)cc1NC(=O)c1cnn2cc(F)ccc12. The summed E-state index contributed by atoms with van der Waals surface area (Å²) in [5.41, 5.74) is 4.98. The van der Waals surface area contributed by atoms with Gasteiger partial charge in [0.05, 0.1) is 35.3 Å². The van der Waals surface area contributed by atoms with Crippen LogP contribution in [0.1, 0.15) is 35.3 Å². The molecule has 4 aromatic rings. The Labute approximate surface area is 178 Å². The van der Waals surface area contributed by atoms with E-state index < -0.39 is 5.82 Å². The van der Waals surface area contributed by atoms with Crippen LogP contribution in [0.4, 0.5) is 10.1 Å². The maximum absolute atomic E-state index is 13.4. The van der Waals surface area contributed by atoms with Gasteiger partial charge in [-0.3, -0.25) is 4.79 Å². The summed E-state index contributed by atoms with van der Waals surface area (Å²) in [7, 11) is 0. The molecule has 0 unspecified atom stereocenters. The van der Waals surface area contributed by atoms with E-state index in [-0.39, 0.29) is 12.0 Å². The van der Waals surface area contributed by atoms with Crippen LogP contribution in [0, 0.1) is 19.7 Å². The molecule has 0 saturated heterocycles. The number of carbonyl (C=O) groups is 1. The number of aromatic nitrogens is 4. The number of aryl methyl sites for hydroxylation is 2. The third-order valence-corrected chi connectivity index (χ3v) is 4.82. The van der Waals surface area contributed by atoms with E-state index in [9.17, 15) is 9.18 Å². The molecule has 1 aromatic carbocycles. The summed E-state index contributed by atoms with van der Waals surface area (Å²) in [4.78, 5) is 12.9. The van der Waals surface area contributed by atoms with E-state index in [0.717, 1.165) is 16.7 Å². The highest BCUT2D eigenvalue weighted by Gasteiger charge is 2.16. The lowest BCUT2D eigenvalue weighted by molar-refractivity contribution is 0.102. The van der Waals surface area contributed by atoms with Gasteiger partial charge in [-0.15, -0.1) is 10.2 Å². The summed E-state index contributed by atoms with van der Waals surface area (Å²) in [6.45, 7) is 7.75. The van der Waals surface area contributed by atoms with Crippen LogP contribution in [-0.2, 0) is 0 Å². The van der Waals surface area contributed by atoms with Crippen LogP contribution in [-0.4, -0.2) is 31.8 Å². The number of nitrogens with zero attached hydrogens (tertiary/aromatic N) is 4. The number of hydrogen-bond acceptors (Lipinski definition) is 5. The van der Waals surface area contributed by atoms with Crippen molar-refractivity contribution in [1.82, 2.24) is 19.8 Å². The van der Waals surface area contributed by atoms with Crippen molar-refractivity contribution in [2.75, 3.05) is 5.32 Å². The van der Waals surface area contributed by atoms with Gasteiger partial charge in [-0.05, 0) is 63.1 Å². The highest BCUT2D eigenvalue weighted by atomic mass is 19.1. The summed E-state index contributed by atoms with van der Waals surface area (Å²) in [6.07, 6.45) is 2.67. The van der Waals surface area contributed by atoms with Crippen molar-refractivity contribution in [3.63, 3.8) is 0 Å². The maximum Gasteiger partial charge on any atom is 0.259 e. The monoisotopic (exact) mass is 419 g/mol. The number of fused-ring (bicyclic) bond motifs is 1. The van der Waals surface area contributed by atoms with Crippen LogP contribution in [0.3, 0.4) is 0 Å². The number of pyridine rings is 1. The van der Waals surface area contributed by atoms with Gasteiger partial charge in [-0.1, -0.05) is 6.07 Å². The molecule has 158 valence electrons. The lowest BCUT2D eigenvalue weighted by Crippen LogP contribution is -2.13. The minimum Gasteiger partial charge on any atom is -0.474 e. The molecule has 0 aliphatic rings. The number of nitrogens with one attached hydrogen (secondary N) is 1. The molecular formula is C23H22FN5O2. The van der Waals surface area contributed by atoms with Gasteiger partial charge >= 0.3 is 0 Å². The number of halogens is 1. The van der Waals surface area contributed by atoms with E-state index in [1.807, 2.05) is 45.9 Å². The molecule has 4 rings (SSSR count). The fourth-order valence-corrected chi connectivity index (χ4v) is 3.35. The van der Waals surface area contributed by atoms with Crippen molar-refractivity contribution >= 4 is 17.1 Å². The minimum atomic E-state index is -0.424. The molecule has 1 N–H and O–H groups in total. The van der Waals surface area contributed by atoms with Crippen molar-refractivity contribution in [3.8, 4) is 17.1 Å². The van der Waals surface area contributed by atoms with Crippen LogP contribution in [0.15, 0.2) is 48.8 Å².